The van der Waals surface area contributed by atoms with Gasteiger partial charge in [0.2, 0.25) is 0 Å². The van der Waals surface area contributed by atoms with Crippen molar-refractivity contribution in [1.82, 2.24) is 34.3 Å². The maximum absolute atomic E-state index is 15.0. The number of aryl methyl sites for hydroxylation is 1. The van der Waals surface area contributed by atoms with E-state index in [2.05, 4.69) is 15.3 Å². The van der Waals surface area contributed by atoms with Crippen LogP contribution in [0.4, 0.5) is 10.2 Å². The molecule has 2 fully saturated rings. The summed E-state index contributed by atoms with van der Waals surface area (Å²) < 4.78 is 18.1. The van der Waals surface area contributed by atoms with Gasteiger partial charge in [-0.3, -0.25) is 14.0 Å². The number of benzene rings is 1. The zero-order valence-corrected chi connectivity index (χ0v) is 21.1. The van der Waals surface area contributed by atoms with Crippen molar-refractivity contribution >= 4 is 29.0 Å². The van der Waals surface area contributed by atoms with Crippen LogP contribution in [0.25, 0.3) is 16.9 Å². The Morgan fingerprint density at radius 2 is 1.86 bits per heavy atom. The lowest BCUT2D eigenvalue weighted by Crippen LogP contribution is -2.53. The first-order valence-electron chi connectivity index (χ1n) is 12.1. The van der Waals surface area contributed by atoms with Crippen LogP contribution in [0.3, 0.4) is 0 Å². The summed E-state index contributed by atoms with van der Waals surface area (Å²) in [5.41, 5.74) is 0.936. The second-order valence-corrected chi connectivity index (χ2v) is 9.99. The van der Waals surface area contributed by atoms with Crippen molar-refractivity contribution in [2.24, 2.45) is 0 Å². The Labute approximate surface area is 216 Å². The summed E-state index contributed by atoms with van der Waals surface area (Å²) in [5, 5.41) is 8.17. The van der Waals surface area contributed by atoms with Gasteiger partial charge in [0.15, 0.2) is 5.65 Å². The molecule has 37 heavy (non-hydrogen) atoms. The van der Waals surface area contributed by atoms with Gasteiger partial charge in [-0.25, -0.2) is 19.0 Å². The van der Waals surface area contributed by atoms with Gasteiger partial charge in [0.1, 0.15) is 22.9 Å². The van der Waals surface area contributed by atoms with Crippen LogP contribution in [0.15, 0.2) is 41.6 Å². The molecule has 1 aliphatic carbocycles. The molecule has 1 saturated carbocycles. The Morgan fingerprint density at radius 1 is 1.11 bits per heavy atom. The molecule has 0 bridgehead atoms. The lowest BCUT2D eigenvalue weighted by molar-refractivity contribution is -0.137. The Morgan fingerprint density at radius 3 is 2.51 bits per heavy atom. The van der Waals surface area contributed by atoms with E-state index in [9.17, 15) is 14.0 Å². The van der Waals surface area contributed by atoms with Crippen LogP contribution in [0.5, 0.6) is 0 Å². The molecule has 1 amide bonds. The summed E-state index contributed by atoms with van der Waals surface area (Å²) >= 11 is 5.97. The minimum Gasteiger partial charge on any atom is -0.352 e. The van der Waals surface area contributed by atoms with Crippen LogP contribution in [-0.2, 0) is 10.3 Å². The van der Waals surface area contributed by atoms with Crippen LogP contribution < -0.4 is 10.5 Å². The second kappa shape index (κ2) is 8.62. The molecule has 4 aromatic rings. The Kier molecular flexibility index (Phi) is 5.48. The molecule has 4 heterocycles. The smallest absolute Gasteiger partial charge is 0.261 e. The maximum Gasteiger partial charge on any atom is 0.261 e. The molecule has 1 aromatic carbocycles. The van der Waals surface area contributed by atoms with E-state index in [1.165, 1.54) is 10.5 Å². The number of rotatable bonds is 4. The zero-order chi connectivity index (χ0) is 25.9. The Bertz CT molecular complexity index is 1590. The lowest BCUT2D eigenvalue weighted by atomic mass is 10.1. The lowest BCUT2D eigenvalue weighted by Gasteiger charge is -2.37. The monoisotopic (exact) mass is 522 g/mol. The molecule has 0 atom stereocenters. The number of hydrogen-bond acceptors (Lipinski definition) is 7. The molecule has 10 nitrogen and oxygen atoms in total. The summed E-state index contributed by atoms with van der Waals surface area (Å²) in [5.74, 6) is -0.00198. The number of hydrogen-bond donors (Lipinski definition) is 0. The number of halogens is 2. The van der Waals surface area contributed by atoms with E-state index in [1.807, 2.05) is 9.80 Å². The molecule has 2 aliphatic rings. The first-order chi connectivity index (χ1) is 17.8. The minimum atomic E-state index is -0.631. The van der Waals surface area contributed by atoms with Crippen LogP contribution in [0.1, 0.15) is 24.1 Å². The van der Waals surface area contributed by atoms with E-state index in [-0.39, 0.29) is 33.4 Å². The normalized spacial score (nSPS) is 16.9. The van der Waals surface area contributed by atoms with Gasteiger partial charge in [0.25, 0.3) is 11.5 Å². The highest BCUT2D eigenvalue weighted by molar-refractivity contribution is 6.30. The Balaban J connectivity index is 1.35. The summed E-state index contributed by atoms with van der Waals surface area (Å²) in [4.78, 5) is 39.7. The number of aromatic nitrogens is 6. The fourth-order valence-corrected chi connectivity index (χ4v) is 5.03. The van der Waals surface area contributed by atoms with E-state index < -0.39 is 11.4 Å². The van der Waals surface area contributed by atoms with E-state index in [4.69, 9.17) is 16.6 Å². The standard InChI is InChI=1S/C25H24ClFN8O2/c1-15-16(2)29-22-21(18-4-3-17(26)13-19(18)27)30-20(14-34(22)23(15)36)32-9-11-33(12-10-32)24(37)25(5-6-25)35-8-7-28-31-35/h3-4,7-8,13-14H,5-6,9-12H2,1-2H3. The minimum absolute atomic E-state index is 0.0413. The molecule has 3 aromatic heterocycles. The average Bonchev–Trinajstić information content (AvgIpc) is 3.52. The number of carbonyl (C=O) groups is 1. The number of nitrogens with zero attached hydrogens (tertiary/aromatic N) is 8. The van der Waals surface area contributed by atoms with Gasteiger partial charge < -0.3 is 9.80 Å². The third-order valence-electron chi connectivity index (χ3n) is 7.33. The molecular formula is C25H24ClFN8O2. The van der Waals surface area contributed by atoms with Crippen molar-refractivity contribution in [3.8, 4) is 11.3 Å². The van der Waals surface area contributed by atoms with Crippen molar-refractivity contribution in [2.45, 2.75) is 32.2 Å². The molecule has 1 aliphatic heterocycles. The van der Waals surface area contributed by atoms with Crippen molar-refractivity contribution in [3.05, 3.63) is 69.2 Å². The number of anilines is 1. The van der Waals surface area contributed by atoms with Gasteiger partial charge in [0.05, 0.1) is 12.4 Å². The van der Waals surface area contributed by atoms with E-state index in [0.29, 0.717) is 43.3 Å². The highest BCUT2D eigenvalue weighted by atomic mass is 35.5. The third-order valence-corrected chi connectivity index (χ3v) is 7.56. The number of carbonyl (C=O) groups excluding carboxylic acids is 1. The van der Waals surface area contributed by atoms with Crippen molar-refractivity contribution < 1.29 is 9.18 Å². The van der Waals surface area contributed by atoms with Crippen LogP contribution in [0, 0.1) is 19.7 Å². The molecule has 190 valence electrons. The molecule has 6 rings (SSSR count). The number of fused-ring (bicyclic) bond motifs is 1. The SMILES string of the molecule is Cc1nc2c(-c3ccc(Cl)cc3F)nc(N3CCN(C(=O)C4(n5ccnn5)CC4)CC3)cn2c(=O)c1C. The summed E-state index contributed by atoms with van der Waals surface area (Å²) in [7, 11) is 0. The number of amides is 1. The highest BCUT2D eigenvalue weighted by Gasteiger charge is 2.54. The molecule has 0 spiro atoms. The summed E-state index contributed by atoms with van der Waals surface area (Å²) in [6.45, 7) is 5.45. The van der Waals surface area contributed by atoms with Crippen molar-refractivity contribution in [2.75, 3.05) is 31.1 Å². The predicted octanol–water partition coefficient (Wildman–Crippen LogP) is 2.60. The molecule has 0 N–H and O–H groups in total. The topological polar surface area (TPSA) is 102 Å². The first-order valence-corrected chi connectivity index (χ1v) is 12.4. The quantitative estimate of drug-likeness (QED) is 0.406. The van der Waals surface area contributed by atoms with Gasteiger partial charge in [-0.2, -0.15) is 0 Å². The predicted molar refractivity (Wildman–Crippen MR) is 135 cm³/mol. The Hall–Kier alpha value is -3.86. The molecule has 1 saturated heterocycles. The maximum atomic E-state index is 15.0. The fourth-order valence-electron chi connectivity index (χ4n) is 4.87. The summed E-state index contributed by atoms with van der Waals surface area (Å²) in [6, 6.07) is 4.34. The fraction of sp³-hybridized carbons (Fsp3) is 0.360. The van der Waals surface area contributed by atoms with Crippen molar-refractivity contribution in [3.63, 3.8) is 0 Å². The van der Waals surface area contributed by atoms with E-state index >= 15 is 0 Å². The van der Waals surface area contributed by atoms with Gasteiger partial charge in [0, 0.05) is 54.2 Å². The van der Waals surface area contributed by atoms with Crippen LogP contribution >= 0.6 is 11.6 Å². The highest BCUT2D eigenvalue weighted by Crippen LogP contribution is 2.44. The van der Waals surface area contributed by atoms with Gasteiger partial charge in [-0.05, 0) is 44.9 Å². The van der Waals surface area contributed by atoms with Crippen LogP contribution in [-0.4, -0.2) is 66.3 Å². The molecule has 0 radical (unpaired) electrons. The van der Waals surface area contributed by atoms with Gasteiger partial charge in [-0.15, -0.1) is 5.10 Å². The van der Waals surface area contributed by atoms with E-state index in [1.54, 1.807) is 49.3 Å². The first kappa shape index (κ1) is 23.5. The summed E-state index contributed by atoms with van der Waals surface area (Å²) in [6.07, 6.45) is 6.44. The molecular weight excluding hydrogens is 499 g/mol. The van der Waals surface area contributed by atoms with Gasteiger partial charge in [-0.1, -0.05) is 16.8 Å². The third kappa shape index (κ3) is 3.85. The van der Waals surface area contributed by atoms with E-state index in [0.717, 1.165) is 12.8 Å². The average molecular weight is 523 g/mol. The molecule has 12 heteroatoms. The van der Waals surface area contributed by atoms with Crippen LogP contribution in [0.2, 0.25) is 5.02 Å². The second-order valence-electron chi connectivity index (χ2n) is 9.55. The molecule has 0 unspecified atom stereocenters. The van der Waals surface area contributed by atoms with Gasteiger partial charge >= 0.3 is 0 Å². The largest absolute Gasteiger partial charge is 0.352 e. The zero-order valence-electron chi connectivity index (χ0n) is 20.4. The van der Waals surface area contributed by atoms with Crippen molar-refractivity contribution in [1.29, 1.82) is 0 Å². The number of piperazine rings is 1.